The van der Waals surface area contributed by atoms with Crippen LogP contribution in [0.5, 0.6) is 11.5 Å². The Morgan fingerprint density at radius 2 is 1.81 bits per heavy atom. The van der Waals surface area contributed by atoms with Gasteiger partial charge in [-0.1, -0.05) is 29.8 Å². The van der Waals surface area contributed by atoms with Crippen molar-refractivity contribution in [3.63, 3.8) is 0 Å². The first-order chi connectivity index (χ1) is 13.0. The Balaban J connectivity index is 2.25. The number of aryl methyl sites for hydroxylation is 1. The number of nitrogen functional groups attached to an aromatic ring is 1. The summed E-state index contributed by atoms with van der Waals surface area (Å²) in [6.07, 6.45) is 1.54. The molecule has 0 radical (unpaired) electrons. The molecule has 0 amide bonds. The molecule has 2 aromatic carbocycles. The van der Waals surface area contributed by atoms with Crippen LogP contribution in [-0.2, 0) is 0 Å². The minimum Gasteiger partial charge on any atom is -0.497 e. The second-order valence-electron chi connectivity index (χ2n) is 6.02. The average molecular weight is 361 g/mol. The van der Waals surface area contributed by atoms with E-state index in [4.69, 9.17) is 15.2 Å². The maximum atomic E-state index is 13.2. The number of nitrogens with zero attached hydrogens (tertiary/aromatic N) is 2. The lowest BCUT2D eigenvalue weighted by molar-refractivity contribution is 0.103. The zero-order valence-corrected chi connectivity index (χ0v) is 15.3. The molecule has 0 aliphatic carbocycles. The highest BCUT2D eigenvalue weighted by atomic mass is 16.5. The summed E-state index contributed by atoms with van der Waals surface area (Å²) in [5.41, 5.74) is 8.79. The second kappa shape index (κ2) is 7.26. The van der Waals surface area contributed by atoms with Crippen molar-refractivity contribution < 1.29 is 14.3 Å². The first-order valence-corrected chi connectivity index (χ1v) is 8.24. The summed E-state index contributed by atoms with van der Waals surface area (Å²) in [4.78, 5) is 13.2. The van der Waals surface area contributed by atoms with Gasteiger partial charge in [0.15, 0.2) is 0 Å². The Morgan fingerprint density at radius 1 is 1.11 bits per heavy atom. The molecule has 0 aliphatic heterocycles. The smallest absolute Gasteiger partial charge is 0.211 e. The number of anilines is 1. The highest BCUT2D eigenvalue weighted by molar-refractivity contribution is 6.12. The topological polar surface area (TPSA) is 90.3 Å². The molecule has 3 aromatic rings. The van der Waals surface area contributed by atoms with E-state index in [1.54, 1.807) is 42.0 Å². The molecular weight excluding hydrogens is 342 g/mol. The quantitative estimate of drug-likeness (QED) is 0.703. The van der Waals surface area contributed by atoms with Crippen molar-refractivity contribution in [2.24, 2.45) is 0 Å². The SMILES string of the molecule is COc1ccc(OC)c(-n2cc(C#N)c(N)c2C(=O)c2ccc(C)cc2)c1. The Kier molecular flexibility index (Phi) is 4.86. The summed E-state index contributed by atoms with van der Waals surface area (Å²) >= 11 is 0. The number of ketones is 1. The van der Waals surface area contributed by atoms with Crippen molar-refractivity contribution in [1.29, 1.82) is 5.26 Å². The Bertz CT molecular complexity index is 1040. The number of ether oxygens (including phenoxy) is 2. The zero-order chi connectivity index (χ0) is 19.6. The highest BCUT2D eigenvalue weighted by Gasteiger charge is 2.24. The van der Waals surface area contributed by atoms with Gasteiger partial charge >= 0.3 is 0 Å². The number of carbonyl (C=O) groups is 1. The number of benzene rings is 2. The van der Waals surface area contributed by atoms with Gasteiger partial charge in [-0.2, -0.15) is 5.26 Å². The second-order valence-corrected chi connectivity index (χ2v) is 6.02. The fourth-order valence-corrected chi connectivity index (χ4v) is 2.86. The molecule has 2 N–H and O–H groups in total. The molecule has 0 bridgehead atoms. The van der Waals surface area contributed by atoms with E-state index < -0.39 is 0 Å². The maximum absolute atomic E-state index is 13.2. The minimum atomic E-state index is -0.279. The van der Waals surface area contributed by atoms with Crippen molar-refractivity contribution in [2.75, 3.05) is 20.0 Å². The van der Waals surface area contributed by atoms with Crippen LogP contribution >= 0.6 is 0 Å². The monoisotopic (exact) mass is 361 g/mol. The van der Waals surface area contributed by atoms with Gasteiger partial charge in [-0.05, 0) is 19.1 Å². The van der Waals surface area contributed by atoms with E-state index in [2.05, 4.69) is 0 Å². The molecule has 1 aromatic heterocycles. The number of hydrogen-bond acceptors (Lipinski definition) is 5. The van der Waals surface area contributed by atoms with Gasteiger partial charge in [-0.3, -0.25) is 4.79 Å². The summed E-state index contributed by atoms with van der Waals surface area (Å²) < 4.78 is 12.3. The molecule has 0 fully saturated rings. The molecule has 0 unspecified atom stereocenters. The third-order valence-corrected chi connectivity index (χ3v) is 4.34. The lowest BCUT2D eigenvalue weighted by Gasteiger charge is -2.14. The van der Waals surface area contributed by atoms with Gasteiger partial charge < -0.3 is 19.8 Å². The summed E-state index contributed by atoms with van der Waals surface area (Å²) in [5, 5.41) is 9.41. The molecule has 3 rings (SSSR count). The molecule has 0 saturated heterocycles. The maximum Gasteiger partial charge on any atom is 0.211 e. The molecule has 6 heteroatoms. The van der Waals surface area contributed by atoms with Gasteiger partial charge in [-0.25, -0.2) is 0 Å². The predicted molar refractivity (Wildman–Crippen MR) is 103 cm³/mol. The van der Waals surface area contributed by atoms with Gasteiger partial charge in [0.25, 0.3) is 0 Å². The van der Waals surface area contributed by atoms with Gasteiger partial charge in [-0.15, -0.1) is 0 Å². The predicted octanol–water partition coefficient (Wildman–Crippen LogP) is 3.49. The van der Waals surface area contributed by atoms with Crippen molar-refractivity contribution in [2.45, 2.75) is 6.92 Å². The molecule has 6 nitrogen and oxygen atoms in total. The fraction of sp³-hybridized carbons (Fsp3) is 0.143. The van der Waals surface area contributed by atoms with Crippen LogP contribution in [0.1, 0.15) is 27.2 Å². The number of rotatable bonds is 5. The third kappa shape index (κ3) is 3.23. The number of carbonyl (C=O) groups excluding carboxylic acids is 1. The molecule has 0 aliphatic rings. The molecule has 1 heterocycles. The van der Waals surface area contributed by atoms with Crippen LogP contribution < -0.4 is 15.2 Å². The van der Waals surface area contributed by atoms with Crippen LogP contribution in [0, 0.1) is 18.3 Å². The summed E-state index contributed by atoms with van der Waals surface area (Å²) in [6, 6.07) is 14.4. The van der Waals surface area contributed by atoms with Crippen LogP contribution in [-0.4, -0.2) is 24.6 Å². The number of nitrogens with two attached hydrogens (primary N) is 1. The Hall–Kier alpha value is -3.72. The van der Waals surface area contributed by atoms with Gasteiger partial charge in [0.05, 0.1) is 31.2 Å². The Labute approximate surface area is 157 Å². The van der Waals surface area contributed by atoms with Gasteiger partial charge in [0, 0.05) is 17.8 Å². The van der Waals surface area contributed by atoms with Crippen LogP contribution in [0.15, 0.2) is 48.7 Å². The van der Waals surface area contributed by atoms with E-state index in [9.17, 15) is 10.1 Å². The largest absolute Gasteiger partial charge is 0.497 e. The normalized spacial score (nSPS) is 10.3. The van der Waals surface area contributed by atoms with Crippen LogP contribution in [0.4, 0.5) is 5.69 Å². The number of aromatic nitrogens is 1. The lowest BCUT2D eigenvalue weighted by atomic mass is 10.0. The van der Waals surface area contributed by atoms with E-state index in [1.807, 2.05) is 25.1 Å². The number of methoxy groups -OCH3 is 2. The number of hydrogen-bond donors (Lipinski definition) is 1. The first kappa shape index (κ1) is 18.1. The molecular formula is C21H19N3O3. The van der Waals surface area contributed by atoms with Crippen molar-refractivity contribution in [3.8, 4) is 23.3 Å². The van der Waals surface area contributed by atoms with E-state index >= 15 is 0 Å². The molecule has 0 atom stereocenters. The zero-order valence-electron chi connectivity index (χ0n) is 15.3. The van der Waals surface area contributed by atoms with Crippen molar-refractivity contribution in [1.82, 2.24) is 4.57 Å². The number of nitriles is 1. The van der Waals surface area contributed by atoms with Crippen molar-refractivity contribution >= 4 is 11.5 Å². The summed E-state index contributed by atoms with van der Waals surface area (Å²) in [5.74, 6) is 0.831. The van der Waals surface area contributed by atoms with Gasteiger partial charge in [0.2, 0.25) is 5.78 Å². The molecule has 27 heavy (non-hydrogen) atoms. The van der Waals surface area contributed by atoms with Gasteiger partial charge in [0.1, 0.15) is 23.3 Å². The average Bonchev–Trinajstić information content (AvgIpc) is 3.03. The first-order valence-electron chi connectivity index (χ1n) is 8.24. The summed E-state index contributed by atoms with van der Waals surface area (Å²) in [7, 11) is 3.08. The third-order valence-electron chi connectivity index (χ3n) is 4.34. The van der Waals surface area contributed by atoms with Crippen molar-refractivity contribution in [3.05, 3.63) is 71.0 Å². The Morgan fingerprint density at radius 3 is 2.41 bits per heavy atom. The summed E-state index contributed by atoms with van der Waals surface area (Å²) in [6.45, 7) is 1.94. The molecule has 0 spiro atoms. The molecule has 0 saturated carbocycles. The molecule has 136 valence electrons. The van der Waals surface area contributed by atoms with E-state index in [1.165, 1.54) is 13.3 Å². The lowest BCUT2D eigenvalue weighted by Crippen LogP contribution is -2.11. The minimum absolute atomic E-state index is 0.132. The van der Waals surface area contributed by atoms with Crippen LogP contribution in [0.25, 0.3) is 5.69 Å². The van der Waals surface area contributed by atoms with E-state index in [0.717, 1.165) is 5.56 Å². The van der Waals surface area contributed by atoms with E-state index in [-0.39, 0.29) is 22.7 Å². The van der Waals surface area contributed by atoms with E-state index in [0.29, 0.717) is 22.7 Å². The fourth-order valence-electron chi connectivity index (χ4n) is 2.86. The standard InChI is InChI=1S/C21H19N3O3/c1-13-4-6-14(7-5-13)21(25)20-19(23)15(11-22)12-24(20)17-10-16(26-2)8-9-18(17)27-3/h4-10,12H,23H2,1-3H3. The van der Waals surface area contributed by atoms with Crippen LogP contribution in [0.2, 0.25) is 0 Å². The highest BCUT2D eigenvalue weighted by Crippen LogP contribution is 2.33. The van der Waals surface area contributed by atoms with Crippen LogP contribution in [0.3, 0.4) is 0 Å².